The van der Waals surface area contributed by atoms with E-state index in [9.17, 15) is 9.59 Å². The van der Waals surface area contributed by atoms with Gasteiger partial charge in [0.25, 0.3) is 5.91 Å². The van der Waals surface area contributed by atoms with E-state index in [1.807, 2.05) is 4.90 Å². The Kier molecular flexibility index (Phi) is 2.82. The zero-order chi connectivity index (χ0) is 13.5. The summed E-state index contributed by atoms with van der Waals surface area (Å²) in [5.41, 5.74) is 5.81. The van der Waals surface area contributed by atoms with Crippen LogP contribution in [-0.4, -0.2) is 47.0 Å². The molecule has 1 saturated heterocycles. The Bertz CT molecular complexity index is 519. The molecule has 2 amide bonds. The summed E-state index contributed by atoms with van der Waals surface area (Å²) in [4.78, 5) is 28.3. The van der Waals surface area contributed by atoms with Crippen molar-refractivity contribution >= 4 is 11.8 Å². The van der Waals surface area contributed by atoms with E-state index in [-0.39, 0.29) is 11.4 Å². The van der Waals surface area contributed by atoms with Crippen LogP contribution in [0.1, 0.15) is 40.1 Å². The number of hydrogen-bond donors (Lipinski definition) is 2. The minimum absolute atomic E-state index is 0.0736. The molecule has 1 spiro atoms. The molecule has 6 nitrogen and oxygen atoms in total. The van der Waals surface area contributed by atoms with E-state index in [1.165, 1.54) is 12.3 Å². The number of aromatic amines is 1. The fraction of sp³-hybridized carbons (Fsp3) is 0.538. The fourth-order valence-electron chi connectivity index (χ4n) is 2.85. The predicted molar refractivity (Wildman–Crippen MR) is 67.7 cm³/mol. The molecular formula is C13H17N3O3. The number of nitrogens with zero attached hydrogens (tertiary/aromatic N) is 1. The second-order valence-corrected chi connectivity index (χ2v) is 5.25. The Morgan fingerprint density at radius 3 is 2.79 bits per heavy atom. The summed E-state index contributed by atoms with van der Waals surface area (Å²) in [6.07, 6.45) is 4.58. The Balaban J connectivity index is 1.83. The Morgan fingerprint density at radius 2 is 2.21 bits per heavy atom. The number of nitrogens with two attached hydrogens (primary N) is 1. The molecule has 0 unspecified atom stereocenters. The van der Waals surface area contributed by atoms with Gasteiger partial charge < -0.3 is 20.4 Å². The summed E-state index contributed by atoms with van der Waals surface area (Å²) < 4.78 is 5.51. The number of rotatable bonds is 2. The van der Waals surface area contributed by atoms with Crippen LogP contribution in [0.15, 0.2) is 12.3 Å². The largest absolute Gasteiger partial charge is 0.377 e. The van der Waals surface area contributed by atoms with E-state index >= 15 is 0 Å². The molecule has 2 fully saturated rings. The minimum Gasteiger partial charge on any atom is -0.377 e. The normalized spacial score (nSPS) is 21.2. The average molecular weight is 263 g/mol. The van der Waals surface area contributed by atoms with Crippen molar-refractivity contribution in [3.63, 3.8) is 0 Å². The fourth-order valence-corrected chi connectivity index (χ4v) is 2.85. The van der Waals surface area contributed by atoms with Crippen molar-refractivity contribution in [3.8, 4) is 0 Å². The minimum atomic E-state index is -0.532. The topological polar surface area (TPSA) is 88.4 Å². The van der Waals surface area contributed by atoms with Crippen molar-refractivity contribution < 1.29 is 14.3 Å². The van der Waals surface area contributed by atoms with Gasteiger partial charge in [0.1, 0.15) is 5.69 Å². The summed E-state index contributed by atoms with van der Waals surface area (Å²) in [7, 11) is 0. The summed E-state index contributed by atoms with van der Waals surface area (Å²) >= 11 is 0. The molecular weight excluding hydrogens is 246 g/mol. The van der Waals surface area contributed by atoms with Crippen LogP contribution in [0.3, 0.4) is 0 Å². The van der Waals surface area contributed by atoms with Crippen molar-refractivity contribution in [1.82, 2.24) is 9.88 Å². The molecule has 1 aliphatic heterocycles. The first-order valence-electron chi connectivity index (χ1n) is 6.50. The third kappa shape index (κ3) is 1.92. The van der Waals surface area contributed by atoms with Gasteiger partial charge in [-0.1, -0.05) is 0 Å². The number of carbonyl (C=O) groups is 2. The number of carbonyl (C=O) groups excluding carboxylic acids is 2. The van der Waals surface area contributed by atoms with Crippen LogP contribution < -0.4 is 5.73 Å². The predicted octanol–water partition coefficient (Wildman–Crippen LogP) is 0.509. The summed E-state index contributed by atoms with van der Waals surface area (Å²) in [6, 6.07) is 1.52. The maximum atomic E-state index is 12.5. The van der Waals surface area contributed by atoms with Crippen LogP contribution in [0.5, 0.6) is 0 Å². The number of aromatic nitrogens is 1. The molecule has 1 aromatic heterocycles. The third-order valence-electron chi connectivity index (χ3n) is 4.13. The molecule has 0 aromatic carbocycles. The van der Waals surface area contributed by atoms with Gasteiger partial charge in [0.2, 0.25) is 5.91 Å². The van der Waals surface area contributed by atoms with Gasteiger partial charge in [-0.3, -0.25) is 9.59 Å². The maximum Gasteiger partial charge on any atom is 0.270 e. The van der Waals surface area contributed by atoms with E-state index in [4.69, 9.17) is 10.5 Å². The quantitative estimate of drug-likeness (QED) is 0.814. The van der Waals surface area contributed by atoms with Crippen molar-refractivity contribution in [2.24, 2.45) is 5.73 Å². The highest BCUT2D eigenvalue weighted by molar-refractivity contribution is 5.98. The highest BCUT2D eigenvalue weighted by atomic mass is 16.5. The average Bonchev–Trinajstić information content (AvgIpc) is 2.85. The Labute approximate surface area is 110 Å². The van der Waals surface area contributed by atoms with Crippen LogP contribution >= 0.6 is 0 Å². The van der Waals surface area contributed by atoms with Crippen LogP contribution in [0.25, 0.3) is 0 Å². The Morgan fingerprint density at radius 1 is 1.42 bits per heavy atom. The number of H-pyrrole nitrogens is 1. The van der Waals surface area contributed by atoms with Gasteiger partial charge in [-0.15, -0.1) is 0 Å². The number of morpholine rings is 1. The lowest BCUT2D eigenvalue weighted by Gasteiger charge is -2.52. The van der Waals surface area contributed by atoms with Gasteiger partial charge in [-0.2, -0.15) is 0 Å². The van der Waals surface area contributed by atoms with E-state index in [0.29, 0.717) is 31.0 Å². The molecule has 2 heterocycles. The van der Waals surface area contributed by atoms with Gasteiger partial charge >= 0.3 is 0 Å². The van der Waals surface area contributed by atoms with E-state index in [0.717, 1.165) is 19.3 Å². The smallest absolute Gasteiger partial charge is 0.270 e. The molecule has 1 saturated carbocycles. The number of nitrogens with one attached hydrogen (secondary N) is 1. The van der Waals surface area contributed by atoms with Crippen molar-refractivity contribution in [1.29, 1.82) is 0 Å². The molecule has 2 aliphatic rings. The molecule has 0 atom stereocenters. The van der Waals surface area contributed by atoms with Gasteiger partial charge in [-0.25, -0.2) is 0 Å². The lowest BCUT2D eigenvalue weighted by molar-refractivity contribution is -0.0879. The highest BCUT2D eigenvalue weighted by Gasteiger charge is 2.47. The lowest BCUT2D eigenvalue weighted by atomic mass is 9.75. The van der Waals surface area contributed by atoms with Crippen molar-refractivity contribution in [2.75, 3.05) is 19.8 Å². The number of hydrogen-bond acceptors (Lipinski definition) is 3. The molecule has 3 N–H and O–H groups in total. The molecule has 6 heteroatoms. The van der Waals surface area contributed by atoms with E-state index in [1.54, 1.807) is 0 Å². The molecule has 102 valence electrons. The first-order chi connectivity index (χ1) is 9.12. The zero-order valence-electron chi connectivity index (χ0n) is 10.6. The van der Waals surface area contributed by atoms with Crippen LogP contribution in [0, 0.1) is 0 Å². The second-order valence-electron chi connectivity index (χ2n) is 5.25. The number of ether oxygens (including phenoxy) is 1. The van der Waals surface area contributed by atoms with Crippen molar-refractivity contribution in [2.45, 2.75) is 24.8 Å². The van der Waals surface area contributed by atoms with E-state index < -0.39 is 5.91 Å². The first-order valence-corrected chi connectivity index (χ1v) is 6.50. The van der Waals surface area contributed by atoms with Crippen LogP contribution in [0.4, 0.5) is 0 Å². The standard InChI is InChI=1S/C13H17N3O3/c14-11(17)9-6-10(15-7-9)12(18)16-4-5-19-8-13(16)2-1-3-13/h6-7,15H,1-5,8H2,(H2,14,17). The SMILES string of the molecule is NC(=O)c1c[nH]c(C(=O)N2CCOCC23CCC3)c1. The lowest BCUT2D eigenvalue weighted by Crippen LogP contribution is -2.62. The van der Waals surface area contributed by atoms with Gasteiger partial charge in [0.15, 0.2) is 0 Å². The molecule has 19 heavy (non-hydrogen) atoms. The van der Waals surface area contributed by atoms with Gasteiger partial charge in [0.05, 0.1) is 24.3 Å². The molecule has 0 bridgehead atoms. The summed E-state index contributed by atoms with van der Waals surface area (Å²) in [6.45, 7) is 1.78. The maximum absolute atomic E-state index is 12.5. The second kappa shape index (κ2) is 4.38. The van der Waals surface area contributed by atoms with Crippen molar-refractivity contribution in [3.05, 3.63) is 23.5 Å². The van der Waals surface area contributed by atoms with E-state index in [2.05, 4.69) is 4.98 Å². The Hall–Kier alpha value is -1.82. The number of amides is 2. The molecule has 1 aromatic rings. The highest BCUT2D eigenvalue weighted by Crippen LogP contribution is 2.40. The molecule has 3 rings (SSSR count). The van der Waals surface area contributed by atoms with Gasteiger partial charge in [0, 0.05) is 12.7 Å². The third-order valence-corrected chi connectivity index (χ3v) is 4.13. The molecule has 0 radical (unpaired) electrons. The van der Waals surface area contributed by atoms with Crippen LogP contribution in [-0.2, 0) is 4.74 Å². The zero-order valence-corrected chi connectivity index (χ0v) is 10.6. The van der Waals surface area contributed by atoms with Crippen LogP contribution in [0.2, 0.25) is 0 Å². The first kappa shape index (κ1) is 12.2. The monoisotopic (exact) mass is 263 g/mol. The number of primary amides is 1. The summed E-state index contributed by atoms with van der Waals surface area (Å²) in [5, 5.41) is 0. The van der Waals surface area contributed by atoms with Gasteiger partial charge in [-0.05, 0) is 25.3 Å². The summed E-state index contributed by atoms with van der Waals surface area (Å²) in [5.74, 6) is -0.605. The molecule has 1 aliphatic carbocycles.